The van der Waals surface area contributed by atoms with Gasteiger partial charge in [-0.2, -0.15) is 0 Å². The Morgan fingerprint density at radius 3 is 2.30 bits per heavy atom. The van der Waals surface area contributed by atoms with E-state index in [1.54, 1.807) is 7.11 Å². The maximum Gasteiger partial charge on any atom is 0.331 e. The maximum atomic E-state index is 12.3. The SMILES string of the molecule is COc1ccc(C(CN(C)C)C2(OC(=O)C=CC(=O)O)CCCCC2)cc1. The third-order valence-electron chi connectivity index (χ3n) is 5.07. The summed E-state index contributed by atoms with van der Waals surface area (Å²) >= 11 is 0. The zero-order valence-electron chi connectivity index (χ0n) is 16.3. The van der Waals surface area contributed by atoms with Crippen LogP contribution in [-0.2, 0) is 14.3 Å². The van der Waals surface area contributed by atoms with Crippen LogP contribution in [0.2, 0.25) is 0 Å². The number of methoxy groups -OCH3 is 1. The van der Waals surface area contributed by atoms with Gasteiger partial charge in [0, 0.05) is 24.6 Å². The van der Waals surface area contributed by atoms with Gasteiger partial charge in [-0.25, -0.2) is 9.59 Å². The Morgan fingerprint density at radius 1 is 1.15 bits per heavy atom. The summed E-state index contributed by atoms with van der Waals surface area (Å²) in [7, 11) is 5.63. The quantitative estimate of drug-likeness (QED) is 0.555. The number of rotatable bonds is 8. The van der Waals surface area contributed by atoms with Crippen LogP contribution in [0.1, 0.15) is 43.6 Å². The highest BCUT2D eigenvalue weighted by atomic mass is 16.6. The van der Waals surface area contributed by atoms with Gasteiger partial charge in [-0.15, -0.1) is 0 Å². The summed E-state index contributed by atoms with van der Waals surface area (Å²) in [5.74, 6) is -0.997. The number of hydrogen-bond acceptors (Lipinski definition) is 5. The summed E-state index contributed by atoms with van der Waals surface area (Å²) in [5, 5.41) is 8.77. The first-order valence-corrected chi connectivity index (χ1v) is 9.29. The lowest BCUT2D eigenvalue weighted by Gasteiger charge is -2.44. The van der Waals surface area contributed by atoms with Gasteiger partial charge < -0.3 is 19.5 Å². The molecule has 6 heteroatoms. The molecule has 0 aromatic heterocycles. The fourth-order valence-electron chi connectivity index (χ4n) is 3.82. The third kappa shape index (κ3) is 5.82. The summed E-state index contributed by atoms with van der Waals surface area (Å²) in [6.45, 7) is 0.724. The maximum absolute atomic E-state index is 12.3. The molecule has 2 rings (SSSR count). The van der Waals surface area contributed by atoms with Crippen molar-refractivity contribution >= 4 is 11.9 Å². The molecule has 0 radical (unpaired) electrons. The van der Waals surface area contributed by atoms with Crippen molar-refractivity contribution in [3.05, 3.63) is 42.0 Å². The van der Waals surface area contributed by atoms with Gasteiger partial charge in [0.1, 0.15) is 11.4 Å². The molecule has 0 spiro atoms. The highest BCUT2D eigenvalue weighted by Gasteiger charge is 2.44. The van der Waals surface area contributed by atoms with E-state index in [0.29, 0.717) is 0 Å². The number of hydrogen-bond donors (Lipinski definition) is 1. The van der Waals surface area contributed by atoms with Crippen molar-refractivity contribution in [2.45, 2.75) is 43.6 Å². The third-order valence-corrected chi connectivity index (χ3v) is 5.07. The van der Waals surface area contributed by atoms with Crippen LogP contribution in [0.15, 0.2) is 36.4 Å². The van der Waals surface area contributed by atoms with Gasteiger partial charge in [-0.05, 0) is 57.5 Å². The number of benzene rings is 1. The molecule has 6 nitrogen and oxygen atoms in total. The zero-order chi connectivity index (χ0) is 19.9. The number of carbonyl (C=O) groups excluding carboxylic acids is 1. The average Bonchev–Trinajstić information content (AvgIpc) is 2.65. The number of carbonyl (C=O) groups is 2. The molecule has 0 aliphatic heterocycles. The molecule has 1 aliphatic carbocycles. The van der Waals surface area contributed by atoms with Crippen LogP contribution < -0.4 is 4.74 Å². The minimum atomic E-state index is -1.16. The van der Waals surface area contributed by atoms with Crippen LogP contribution in [0.3, 0.4) is 0 Å². The van der Waals surface area contributed by atoms with E-state index in [0.717, 1.165) is 62.1 Å². The highest BCUT2D eigenvalue weighted by Crippen LogP contribution is 2.43. The van der Waals surface area contributed by atoms with Crippen LogP contribution in [-0.4, -0.2) is 55.3 Å². The van der Waals surface area contributed by atoms with Crippen molar-refractivity contribution in [2.75, 3.05) is 27.7 Å². The highest BCUT2D eigenvalue weighted by molar-refractivity contribution is 5.91. The fraction of sp³-hybridized carbons (Fsp3) is 0.524. The van der Waals surface area contributed by atoms with E-state index in [2.05, 4.69) is 4.90 Å². The van der Waals surface area contributed by atoms with Crippen LogP contribution in [0, 0.1) is 0 Å². The van der Waals surface area contributed by atoms with Gasteiger partial charge in [0.05, 0.1) is 7.11 Å². The van der Waals surface area contributed by atoms with Gasteiger partial charge in [-0.1, -0.05) is 18.6 Å². The molecule has 0 heterocycles. The predicted octanol–water partition coefficient (Wildman–Crippen LogP) is 3.23. The van der Waals surface area contributed by atoms with E-state index in [9.17, 15) is 9.59 Å². The van der Waals surface area contributed by atoms with Crippen LogP contribution >= 0.6 is 0 Å². The topological polar surface area (TPSA) is 76.1 Å². The Morgan fingerprint density at radius 2 is 1.78 bits per heavy atom. The molecule has 1 atom stereocenters. The van der Waals surface area contributed by atoms with Gasteiger partial charge in [0.15, 0.2) is 0 Å². The lowest BCUT2D eigenvalue weighted by atomic mass is 9.72. The molecule has 0 amide bonds. The van der Waals surface area contributed by atoms with Crippen molar-refractivity contribution < 1.29 is 24.2 Å². The van der Waals surface area contributed by atoms with E-state index >= 15 is 0 Å². The first-order chi connectivity index (χ1) is 12.9. The van der Waals surface area contributed by atoms with Crippen molar-refractivity contribution in [1.82, 2.24) is 4.90 Å². The average molecular weight is 375 g/mol. The zero-order valence-corrected chi connectivity index (χ0v) is 16.3. The van der Waals surface area contributed by atoms with E-state index in [1.165, 1.54) is 0 Å². The second kappa shape index (κ2) is 9.55. The lowest BCUT2D eigenvalue weighted by Crippen LogP contribution is -2.46. The van der Waals surface area contributed by atoms with Crippen molar-refractivity contribution in [2.24, 2.45) is 0 Å². The molecule has 1 N–H and O–H groups in total. The monoisotopic (exact) mass is 375 g/mol. The van der Waals surface area contributed by atoms with Crippen molar-refractivity contribution in [3.63, 3.8) is 0 Å². The molecule has 1 fully saturated rings. The number of carboxylic acids is 1. The molecule has 1 aliphatic rings. The first kappa shape index (κ1) is 21.0. The van der Waals surface area contributed by atoms with Crippen LogP contribution in [0.4, 0.5) is 0 Å². The van der Waals surface area contributed by atoms with E-state index < -0.39 is 17.5 Å². The summed E-state index contributed by atoms with van der Waals surface area (Å²) in [6, 6.07) is 7.87. The van der Waals surface area contributed by atoms with Gasteiger partial charge in [0.2, 0.25) is 0 Å². The lowest BCUT2D eigenvalue weighted by molar-refractivity contribution is -0.161. The van der Waals surface area contributed by atoms with Crippen LogP contribution in [0.25, 0.3) is 0 Å². The summed E-state index contributed by atoms with van der Waals surface area (Å²) in [6.07, 6.45) is 6.44. The van der Waals surface area contributed by atoms with Gasteiger partial charge in [0.25, 0.3) is 0 Å². The minimum absolute atomic E-state index is 0.0131. The Kier molecular flexibility index (Phi) is 7.42. The summed E-state index contributed by atoms with van der Waals surface area (Å²) in [5.41, 5.74) is 0.443. The number of ether oxygens (including phenoxy) is 2. The molecule has 27 heavy (non-hydrogen) atoms. The van der Waals surface area contributed by atoms with Crippen molar-refractivity contribution in [3.8, 4) is 5.75 Å². The van der Waals surface area contributed by atoms with E-state index in [-0.39, 0.29) is 5.92 Å². The molecule has 1 saturated carbocycles. The molecular weight excluding hydrogens is 346 g/mol. The predicted molar refractivity (Wildman–Crippen MR) is 103 cm³/mol. The Balaban J connectivity index is 2.37. The number of aliphatic carboxylic acids is 1. The molecule has 1 aromatic rings. The number of nitrogens with zero attached hydrogens (tertiary/aromatic N) is 1. The van der Waals surface area contributed by atoms with Crippen molar-refractivity contribution in [1.29, 1.82) is 0 Å². The second-order valence-corrected chi connectivity index (χ2v) is 7.31. The molecule has 1 aromatic carbocycles. The molecular formula is C21H29NO5. The fourth-order valence-corrected chi connectivity index (χ4v) is 3.82. The summed E-state index contributed by atoms with van der Waals surface area (Å²) in [4.78, 5) is 25.2. The van der Waals surface area contributed by atoms with E-state index in [1.807, 2.05) is 38.4 Å². The van der Waals surface area contributed by atoms with Gasteiger partial charge >= 0.3 is 11.9 Å². The first-order valence-electron chi connectivity index (χ1n) is 9.29. The number of likely N-dealkylation sites (N-methyl/N-ethyl adjacent to an activating group) is 1. The summed E-state index contributed by atoms with van der Waals surface area (Å²) < 4.78 is 11.2. The van der Waals surface area contributed by atoms with Crippen LogP contribution in [0.5, 0.6) is 5.75 Å². The second-order valence-electron chi connectivity index (χ2n) is 7.31. The molecule has 148 valence electrons. The van der Waals surface area contributed by atoms with E-state index in [4.69, 9.17) is 14.6 Å². The minimum Gasteiger partial charge on any atom is -0.497 e. The Labute approximate surface area is 160 Å². The standard InChI is InChI=1S/C21H29NO5/c1-22(2)15-18(16-7-9-17(26-3)10-8-16)21(13-5-4-6-14-21)27-20(25)12-11-19(23)24/h7-12,18H,4-6,13-15H2,1-3H3,(H,23,24). The Hall–Kier alpha value is -2.34. The smallest absolute Gasteiger partial charge is 0.331 e. The molecule has 1 unspecified atom stereocenters. The normalized spacial score (nSPS) is 17.6. The Bertz CT molecular complexity index is 660. The van der Waals surface area contributed by atoms with Gasteiger partial charge in [-0.3, -0.25) is 0 Å². The molecule has 0 bridgehead atoms. The number of esters is 1. The largest absolute Gasteiger partial charge is 0.497 e. The molecule has 0 saturated heterocycles. The number of carboxylic acid groups (broad SMARTS) is 1.